The minimum atomic E-state index is -0.737. The molecule has 1 amide bonds. The van der Waals surface area contributed by atoms with Gasteiger partial charge in [-0.3, -0.25) is 9.59 Å². The smallest absolute Gasteiger partial charge is 0.296 e. The van der Waals surface area contributed by atoms with Gasteiger partial charge in [-0.1, -0.05) is 41.4 Å². The van der Waals surface area contributed by atoms with Crippen LogP contribution in [0.3, 0.4) is 0 Å². The van der Waals surface area contributed by atoms with Gasteiger partial charge in [-0.15, -0.1) is 0 Å². The summed E-state index contributed by atoms with van der Waals surface area (Å²) in [7, 11) is 0. The molecule has 0 aliphatic rings. The van der Waals surface area contributed by atoms with Crippen molar-refractivity contribution in [3.63, 3.8) is 0 Å². The SMILES string of the molecule is Cc1ccc(C(=O)C(=O)Nc2cccnc2Cl)cc1. The molecule has 1 N–H and O–H groups in total. The van der Waals surface area contributed by atoms with Crippen LogP contribution in [0.4, 0.5) is 5.69 Å². The van der Waals surface area contributed by atoms with Crippen molar-refractivity contribution in [3.05, 3.63) is 58.9 Å². The summed E-state index contributed by atoms with van der Waals surface area (Å²) in [6.45, 7) is 1.91. The number of benzene rings is 1. The monoisotopic (exact) mass is 274 g/mol. The third-order valence-corrected chi connectivity index (χ3v) is 2.83. The number of carbonyl (C=O) groups is 2. The van der Waals surface area contributed by atoms with E-state index in [2.05, 4.69) is 10.3 Å². The Labute approximate surface area is 115 Å². The first kappa shape index (κ1) is 13.2. The number of hydrogen-bond donors (Lipinski definition) is 1. The number of halogens is 1. The molecule has 0 aliphatic heterocycles. The molecular formula is C14H11ClN2O2. The van der Waals surface area contributed by atoms with E-state index in [0.717, 1.165) is 5.56 Å². The molecule has 0 radical (unpaired) electrons. The first-order valence-corrected chi connectivity index (χ1v) is 5.98. The number of amides is 1. The fourth-order valence-electron chi connectivity index (χ4n) is 1.49. The maximum absolute atomic E-state index is 11.9. The van der Waals surface area contributed by atoms with Crippen molar-refractivity contribution in [1.82, 2.24) is 4.98 Å². The molecule has 2 rings (SSSR count). The maximum atomic E-state index is 11.9. The number of anilines is 1. The average Bonchev–Trinajstić information content (AvgIpc) is 2.41. The van der Waals surface area contributed by atoms with Gasteiger partial charge < -0.3 is 5.32 Å². The van der Waals surface area contributed by atoms with Crippen molar-refractivity contribution in [2.24, 2.45) is 0 Å². The Hall–Kier alpha value is -2.20. The summed E-state index contributed by atoms with van der Waals surface area (Å²) < 4.78 is 0. The fourth-order valence-corrected chi connectivity index (χ4v) is 1.66. The molecule has 0 spiro atoms. The highest BCUT2D eigenvalue weighted by atomic mass is 35.5. The zero-order chi connectivity index (χ0) is 13.8. The summed E-state index contributed by atoms with van der Waals surface area (Å²) in [4.78, 5) is 27.5. The third kappa shape index (κ3) is 3.17. The van der Waals surface area contributed by atoms with E-state index in [9.17, 15) is 9.59 Å². The van der Waals surface area contributed by atoms with Crippen molar-refractivity contribution in [2.45, 2.75) is 6.92 Å². The molecule has 0 bridgehead atoms. The van der Waals surface area contributed by atoms with Crippen LogP contribution < -0.4 is 5.32 Å². The van der Waals surface area contributed by atoms with E-state index >= 15 is 0 Å². The lowest BCUT2D eigenvalue weighted by atomic mass is 10.1. The summed E-state index contributed by atoms with van der Waals surface area (Å²) in [6, 6.07) is 9.98. The zero-order valence-electron chi connectivity index (χ0n) is 10.2. The van der Waals surface area contributed by atoms with Crippen LogP contribution in [0.25, 0.3) is 0 Å². The van der Waals surface area contributed by atoms with Crippen LogP contribution in [0, 0.1) is 6.92 Å². The number of nitrogens with one attached hydrogen (secondary N) is 1. The van der Waals surface area contributed by atoms with Crippen LogP contribution in [0.2, 0.25) is 5.15 Å². The number of aromatic nitrogens is 1. The molecule has 0 fully saturated rings. The third-order valence-electron chi connectivity index (χ3n) is 2.53. The van der Waals surface area contributed by atoms with E-state index in [1.807, 2.05) is 6.92 Å². The van der Waals surface area contributed by atoms with Crippen LogP contribution >= 0.6 is 11.6 Å². The number of rotatable bonds is 3. The summed E-state index contributed by atoms with van der Waals surface area (Å²) in [5.41, 5.74) is 1.67. The Bertz CT molecular complexity index is 624. The highest BCUT2D eigenvalue weighted by Crippen LogP contribution is 2.17. The molecule has 0 saturated heterocycles. The number of pyridine rings is 1. The normalized spacial score (nSPS) is 10.0. The minimum absolute atomic E-state index is 0.146. The number of nitrogens with zero attached hydrogens (tertiary/aromatic N) is 1. The van der Waals surface area contributed by atoms with E-state index in [1.165, 1.54) is 6.20 Å². The van der Waals surface area contributed by atoms with Crippen LogP contribution in [0.15, 0.2) is 42.6 Å². The van der Waals surface area contributed by atoms with Crippen LogP contribution in [-0.4, -0.2) is 16.7 Å². The predicted octanol–water partition coefficient (Wildman–Crippen LogP) is 2.86. The maximum Gasteiger partial charge on any atom is 0.296 e. The minimum Gasteiger partial charge on any atom is -0.316 e. The summed E-state index contributed by atoms with van der Waals surface area (Å²) in [6.07, 6.45) is 1.50. The van der Waals surface area contributed by atoms with Crippen LogP contribution in [0.5, 0.6) is 0 Å². The summed E-state index contributed by atoms with van der Waals surface area (Å²) in [5, 5.41) is 2.59. The van der Waals surface area contributed by atoms with E-state index in [1.54, 1.807) is 36.4 Å². The van der Waals surface area contributed by atoms with Gasteiger partial charge in [0.1, 0.15) is 0 Å². The van der Waals surface area contributed by atoms with Crippen molar-refractivity contribution in [1.29, 1.82) is 0 Å². The van der Waals surface area contributed by atoms with Crippen molar-refractivity contribution in [3.8, 4) is 0 Å². The molecule has 2 aromatic rings. The summed E-state index contributed by atoms with van der Waals surface area (Å²) >= 11 is 5.80. The molecule has 0 unspecified atom stereocenters. The van der Waals surface area contributed by atoms with Gasteiger partial charge in [-0.2, -0.15) is 0 Å². The molecule has 19 heavy (non-hydrogen) atoms. The average molecular weight is 275 g/mol. The zero-order valence-corrected chi connectivity index (χ0v) is 10.9. The molecule has 0 saturated carbocycles. The fraction of sp³-hybridized carbons (Fsp3) is 0.0714. The Balaban J connectivity index is 2.14. The quantitative estimate of drug-likeness (QED) is 0.532. The second kappa shape index (κ2) is 5.63. The molecule has 0 aliphatic carbocycles. The highest BCUT2D eigenvalue weighted by Gasteiger charge is 2.17. The number of Topliss-reactive ketones (excluding diaryl/α,β-unsaturated/α-hetero) is 1. The Kier molecular flexibility index (Phi) is 3.92. The lowest BCUT2D eigenvalue weighted by Crippen LogP contribution is -2.23. The van der Waals surface area contributed by atoms with E-state index in [0.29, 0.717) is 11.3 Å². The second-order valence-corrected chi connectivity index (χ2v) is 4.35. The molecule has 5 heteroatoms. The van der Waals surface area contributed by atoms with Gasteiger partial charge in [-0.25, -0.2) is 4.98 Å². The van der Waals surface area contributed by atoms with E-state index in [4.69, 9.17) is 11.6 Å². The van der Waals surface area contributed by atoms with Crippen molar-refractivity contribution >= 4 is 29.0 Å². The van der Waals surface area contributed by atoms with Crippen LogP contribution in [-0.2, 0) is 4.79 Å². The van der Waals surface area contributed by atoms with Gasteiger partial charge in [0.05, 0.1) is 5.69 Å². The van der Waals surface area contributed by atoms with E-state index < -0.39 is 11.7 Å². The topological polar surface area (TPSA) is 59.1 Å². The molecule has 4 nitrogen and oxygen atoms in total. The molecule has 1 aromatic heterocycles. The largest absolute Gasteiger partial charge is 0.316 e. The standard InChI is InChI=1S/C14H11ClN2O2/c1-9-4-6-10(7-5-9)12(18)14(19)17-11-3-2-8-16-13(11)15/h2-8H,1H3,(H,17,19). The van der Waals surface area contributed by atoms with Gasteiger partial charge in [0.25, 0.3) is 11.7 Å². The van der Waals surface area contributed by atoms with Gasteiger partial charge >= 0.3 is 0 Å². The molecular weight excluding hydrogens is 264 g/mol. The summed E-state index contributed by atoms with van der Waals surface area (Å²) in [5.74, 6) is -1.35. The lowest BCUT2D eigenvalue weighted by molar-refractivity contribution is -0.112. The number of hydrogen-bond acceptors (Lipinski definition) is 3. The lowest BCUT2D eigenvalue weighted by Gasteiger charge is -2.05. The Morgan fingerprint density at radius 2 is 1.84 bits per heavy atom. The number of aryl methyl sites for hydroxylation is 1. The number of carbonyl (C=O) groups excluding carboxylic acids is 2. The van der Waals surface area contributed by atoms with Crippen LogP contribution in [0.1, 0.15) is 15.9 Å². The van der Waals surface area contributed by atoms with Gasteiger partial charge in [0, 0.05) is 11.8 Å². The first-order valence-electron chi connectivity index (χ1n) is 5.61. The first-order chi connectivity index (χ1) is 9.08. The van der Waals surface area contributed by atoms with Crippen molar-refractivity contribution in [2.75, 3.05) is 5.32 Å². The van der Waals surface area contributed by atoms with Gasteiger partial charge in [0.15, 0.2) is 5.15 Å². The second-order valence-electron chi connectivity index (χ2n) is 3.99. The molecule has 96 valence electrons. The van der Waals surface area contributed by atoms with Crippen molar-refractivity contribution < 1.29 is 9.59 Å². The highest BCUT2D eigenvalue weighted by molar-refractivity contribution is 6.47. The Morgan fingerprint density at radius 1 is 1.16 bits per heavy atom. The van der Waals surface area contributed by atoms with Gasteiger partial charge in [-0.05, 0) is 19.1 Å². The predicted molar refractivity (Wildman–Crippen MR) is 73.4 cm³/mol. The van der Waals surface area contributed by atoms with E-state index in [-0.39, 0.29) is 5.15 Å². The molecule has 1 heterocycles. The number of ketones is 1. The van der Waals surface area contributed by atoms with Gasteiger partial charge in [0.2, 0.25) is 0 Å². The molecule has 0 atom stereocenters. The molecule has 1 aromatic carbocycles. The Morgan fingerprint density at radius 3 is 2.47 bits per heavy atom.